The van der Waals surface area contributed by atoms with Crippen LogP contribution in [0.4, 0.5) is 0 Å². The summed E-state index contributed by atoms with van der Waals surface area (Å²) < 4.78 is 0. The number of hydrogen-bond acceptors (Lipinski definition) is 3. The summed E-state index contributed by atoms with van der Waals surface area (Å²) in [5.41, 5.74) is 5.66. The minimum absolute atomic E-state index is 0.0653. The maximum Gasteiger partial charge on any atom is 0.237 e. The Morgan fingerprint density at radius 3 is 2.47 bits per heavy atom. The summed E-state index contributed by atoms with van der Waals surface area (Å²) in [6, 6.07) is 3.89. The van der Waals surface area contributed by atoms with Gasteiger partial charge >= 0.3 is 0 Å². The van der Waals surface area contributed by atoms with Gasteiger partial charge in [-0.25, -0.2) is 0 Å². The van der Waals surface area contributed by atoms with E-state index in [2.05, 4.69) is 10.3 Å². The number of hydrogen-bond donors (Lipinski definition) is 2. The fourth-order valence-electron chi connectivity index (χ4n) is 1.35. The number of nitrogens with one attached hydrogen (secondary N) is 1. The quantitative estimate of drug-likeness (QED) is 0.773. The Morgan fingerprint density at radius 2 is 2.00 bits per heavy atom. The first kappa shape index (κ1) is 11.7. The zero-order valence-electron chi connectivity index (χ0n) is 9.32. The van der Waals surface area contributed by atoms with E-state index in [1.807, 2.05) is 19.1 Å². The molecule has 1 atom stereocenters. The second-order valence-corrected chi connectivity index (χ2v) is 4.14. The molecule has 0 aliphatic carbocycles. The number of rotatable bonds is 4. The number of nitrogens with two attached hydrogens (primary N) is 1. The van der Waals surface area contributed by atoms with Crippen molar-refractivity contribution in [3.63, 3.8) is 0 Å². The predicted molar refractivity (Wildman–Crippen MR) is 59.1 cm³/mol. The zero-order chi connectivity index (χ0) is 11.5. The minimum atomic E-state index is -0.706. The molecule has 1 unspecified atom stereocenters. The Morgan fingerprint density at radius 1 is 1.47 bits per heavy atom. The van der Waals surface area contributed by atoms with Crippen molar-refractivity contribution in [2.45, 2.75) is 32.4 Å². The minimum Gasteiger partial charge on any atom is -0.368 e. The van der Waals surface area contributed by atoms with Crippen LogP contribution in [0.3, 0.4) is 0 Å². The molecular formula is C11H17N3O. The third-order valence-electron chi connectivity index (χ3n) is 2.40. The van der Waals surface area contributed by atoms with E-state index in [1.165, 1.54) is 0 Å². The van der Waals surface area contributed by atoms with Gasteiger partial charge in [0.2, 0.25) is 5.91 Å². The number of pyridine rings is 1. The summed E-state index contributed by atoms with van der Waals surface area (Å²) in [5.74, 6) is -0.358. The molecule has 0 aliphatic heterocycles. The van der Waals surface area contributed by atoms with Gasteiger partial charge in [-0.05, 0) is 38.5 Å². The van der Waals surface area contributed by atoms with E-state index < -0.39 is 5.54 Å². The molecule has 82 valence electrons. The van der Waals surface area contributed by atoms with Crippen LogP contribution < -0.4 is 11.1 Å². The fourth-order valence-corrected chi connectivity index (χ4v) is 1.35. The van der Waals surface area contributed by atoms with Crippen molar-refractivity contribution in [2.75, 3.05) is 0 Å². The van der Waals surface area contributed by atoms with Gasteiger partial charge in [0.25, 0.3) is 0 Å². The van der Waals surface area contributed by atoms with Gasteiger partial charge in [-0.15, -0.1) is 0 Å². The van der Waals surface area contributed by atoms with Crippen LogP contribution in [0, 0.1) is 0 Å². The molecular weight excluding hydrogens is 190 g/mol. The van der Waals surface area contributed by atoms with Crippen molar-refractivity contribution in [1.29, 1.82) is 0 Å². The second kappa shape index (κ2) is 4.40. The molecule has 0 fully saturated rings. The normalized spacial score (nSPS) is 13.5. The van der Waals surface area contributed by atoms with Crippen LogP contribution in [0.15, 0.2) is 24.5 Å². The molecule has 0 aliphatic rings. The molecule has 0 aromatic carbocycles. The van der Waals surface area contributed by atoms with E-state index in [-0.39, 0.29) is 11.9 Å². The first-order chi connectivity index (χ1) is 6.93. The van der Waals surface area contributed by atoms with Crippen LogP contribution in [-0.4, -0.2) is 16.4 Å². The van der Waals surface area contributed by atoms with Gasteiger partial charge < -0.3 is 5.73 Å². The van der Waals surface area contributed by atoms with E-state index in [9.17, 15) is 4.79 Å². The number of amides is 1. The highest BCUT2D eigenvalue weighted by molar-refractivity contribution is 5.83. The van der Waals surface area contributed by atoms with Gasteiger partial charge in [-0.3, -0.25) is 15.1 Å². The fraction of sp³-hybridized carbons (Fsp3) is 0.455. The molecule has 0 saturated heterocycles. The first-order valence-corrected chi connectivity index (χ1v) is 4.91. The summed E-state index contributed by atoms with van der Waals surface area (Å²) in [4.78, 5) is 15.1. The maximum absolute atomic E-state index is 11.1. The molecule has 4 nitrogen and oxygen atoms in total. The van der Waals surface area contributed by atoms with Crippen molar-refractivity contribution in [1.82, 2.24) is 10.3 Å². The largest absolute Gasteiger partial charge is 0.368 e. The summed E-state index contributed by atoms with van der Waals surface area (Å²) in [7, 11) is 0. The van der Waals surface area contributed by atoms with E-state index >= 15 is 0 Å². The van der Waals surface area contributed by atoms with Crippen LogP contribution >= 0.6 is 0 Å². The lowest BCUT2D eigenvalue weighted by molar-refractivity contribution is -0.123. The molecule has 0 spiro atoms. The Balaban J connectivity index is 2.72. The summed E-state index contributed by atoms with van der Waals surface area (Å²) in [6.07, 6.45) is 3.45. The van der Waals surface area contributed by atoms with E-state index in [0.717, 1.165) is 5.56 Å². The van der Waals surface area contributed by atoms with Crippen LogP contribution in [0.5, 0.6) is 0 Å². The highest BCUT2D eigenvalue weighted by atomic mass is 16.1. The average Bonchev–Trinajstić information content (AvgIpc) is 2.18. The van der Waals surface area contributed by atoms with Crippen molar-refractivity contribution in [2.24, 2.45) is 5.73 Å². The van der Waals surface area contributed by atoms with E-state index in [1.54, 1.807) is 26.2 Å². The summed E-state index contributed by atoms with van der Waals surface area (Å²) >= 11 is 0. The lowest BCUT2D eigenvalue weighted by atomic mass is 10.0. The maximum atomic E-state index is 11.1. The monoisotopic (exact) mass is 207 g/mol. The molecule has 0 saturated carbocycles. The Bertz CT molecular complexity index is 335. The molecule has 0 radical (unpaired) electrons. The molecule has 1 aromatic heterocycles. The van der Waals surface area contributed by atoms with Crippen molar-refractivity contribution < 1.29 is 4.79 Å². The van der Waals surface area contributed by atoms with Crippen LogP contribution in [-0.2, 0) is 4.79 Å². The Hall–Kier alpha value is -1.42. The molecule has 3 N–H and O–H groups in total. The summed E-state index contributed by atoms with van der Waals surface area (Å²) in [6.45, 7) is 5.53. The number of carbonyl (C=O) groups excluding carboxylic acids is 1. The lowest BCUT2D eigenvalue weighted by Crippen LogP contribution is -2.51. The molecule has 1 amide bonds. The van der Waals surface area contributed by atoms with Crippen LogP contribution in [0.2, 0.25) is 0 Å². The summed E-state index contributed by atoms with van der Waals surface area (Å²) in [5, 5.41) is 3.17. The SMILES string of the molecule is CC(NC(C)(C)C(N)=O)c1ccncc1. The molecule has 1 rings (SSSR count). The van der Waals surface area contributed by atoms with Gasteiger partial charge in [-0.2, -0.15) is 0 Å². The molecule has 15 heavy (non-hydrogen) atoms. The average molecular weight is 207 g/mol. The molecule has 4 heteroatoms. The third kappa shape index (κ3) is 3.02. The number of carbonyl (C=O) groups is 1. The van der Waals surface area contributed by atoms with Crippen LogP contribution in [0.1, 0.15) is 32.4 Å². The number of aromatic nitrogens is 1. The molecule has 1 aromatic rings. The van der Waals surface area contributed by atoms with Crippen molar-refractivity contribution in [3.8, 4) is 0 Å². The van der Waals surface area contributed by atoms with Gasteiger partial charge in [0.1, 0.15) is 0 Å². The van der Waals surface area contributed by atoms with Gasteiger partial charge in [0, 0.05) is 18.4 Å². The standard InChI is InChI=1S/C11H17N3O/c1-8(9-4-6-13-7-5-9)14-11(2,3)10(12)15/h4-8,14H,1-3H3,(H2,12,15). The Labute approximate surface area is 89.9 Å². The molecule has 1 heterocycles. The van der Waals surface area contributed by atoms with Crippen LogP contribution in [0.25, 0.3) is 0 Å². The highest BCUT2D eigenvalue weighted by Crippen LogP contribution is 2.14. The first-order valence-electron chi connectivity index (χ1n) is 4.91. The van der Waals surface area contributed by atoms with Crippen molar-refractivity contribution in [3.05, 3.63) is 30.1 Å². The smallest absolute Gasteiger partial charge is 0.237 e. The number of primary amides is 1. The third-order valence-corrected chi connectivity index (χ3v) is 2.40. The Kier molecular flexibility index (Phi) is 3.42. The van der Waals surface area contributed by atoms with E-state index in [4.69, 9.17) is 5.73 Å². The van der Waals surface area contributed by atoms with Gasteiger partial charge in [-0.1, -0.05) is 0 Å². The highest BCUT2D eigenvalue weighted by Gasteiger charge is 2.26. The predicted octanol–water partition coefficient (Wildman–Crippen LogP) is 0.996. The van der Waals surface area contributed by atoms with Crippen molar-refractivity contribution >= 4 is 5.91 Å². The topological polar surface area (TPSA) is 68.0 Å². The lowest BCUT2D eigenvalue weighted by Gasteiger charge is -2.27. The second-order valence-electron chi connectivity index (χ2n) is 4.14. The van der Waals surface area contributed by atoms with Gasteiger partial charge in [0.15, 0.2) is 0 Å². The zero-order valence-corrected chi connectivity index (χ0v) is 9.32. The number of nitrogens with zero attached hydrogens (tertiary/aromatic N) is 1. The molecule has 0 bridgehead atoms. The van der Waals surface area contributed by atoms with Gasteiger partial charge in [0.05, 0.1) is 5.54 Å². The van der Waals surface area contributed by atoms with E-state index in [0.29, 0.717) is 0 Å².